The largest absolute Gasteiger partial charge is 0.354 e. The lowest BCUT2D eigenvalue weighted by molar-refractivity contribution is -0.122. The maximum absolute atomic E-state index is 11.8. The van der Waals surface area contributed by atoms with Crippen LogP contribution in [0.5, 0.6) is 0 Å². The van der Waals surface area contributed by atoms with E-state index in [1.807, 2.05) is 42.5 Å². The van der Waals surface area contributed by atoms with E-state index in [1.54, 1.807) is 0 Å². The van der Waals surface area contributed by atoms with Crippen LogP contribution >= 0.6 is 15.9 Å². The number of amides is 2. The summed E-state index contributed by atoms with van der Waals surface area (Å²) >= 11 is 3.42. The topological polar surface area (TPSA) is 58.2 Å². The maximum atomic E-state index is 11.8. The van der Waals surface area contributed by atoms with Gasteiger partial charge in [-0.2, -0.15) is 0 Å². The number of halogens is 1. The van der Waals surface area contributed by atoms with Crippen molar-refractivity contribution in [2.24, 2.45) is 0 Å². The monoisotopic (exact) mass is 416 g/mol. The molecule has 2 rings (SSSR count). The minimum absolute atomic E-state index is 0.0278. The molecule has 2 aromatic rings. The van der Waals surface area contributed by atoms with Gasteiger partial charge in [-0.25, -0.2) is 0 Å². The summed E-state index contributed by atoms with van der Waals surface area (Å²) in [7, 11) is 0. The number of rotatable bonds is 10. The van der Waals surface area contributed by atoms with E-state index in [0.29, 0.717) is 25.9 Å². The van der Waals surface area contributed by atoms with Crippen molar-refractivity contribution < 1.29 is 9.59 Å². The normalized spacial score (nSPS) is 10.3. The lowest BCUT2D eigenvalue weighted by Gasteiger charge is -2.07. The summed E-state index contributed by atoms with van der Waals surface area (Å²) in [4.78, 5) is 23.6. The van der Waals surface area contributed by atoms with E-state index < -0.39 is 0 Å². The fraction of sp³-hybridized carbons (Fsp3) is 0.333. The molecule has 0 saturated carbocycles. The Hall–Kier alpha value is -2.14. The molecule has 0 heterocycles. The summed E-state index contributed by atoms with van der Waals surface area (Å²) in [5.74, 6) is 0.0121. The highest BCUT2D eigenvalue weighted by molar-refractivity contribution is 9.10. The zero-order valence-corrected chi connectivity index (χ0v) is 16.4. The third-order valence-electron chi connectivity index (χ3n) is 4.01. The van der Waals surface area contributed by atoms with E-state index >= 15 is 0 Å². The third-order valence-corrected chi connectivity index (χ3v) is 4.54. The predicted molar refractivity (Wildman–Crippen MR) is 108 cm³/mol. The van der Waals surface area contributed by atoms with Crippen molar-refractivity contribution in [3.8, 4) is 0 Å². The highest BCUT2D eigenvalue weighted by Crippen LogP contribution is 2.12. The van der Waals surface area contributed by atoms with Crippen molar-refractivity contribution >= 4 is 27.7 Å². The van der Waals surface area contributed by atoms with Gasteiger partial charge in [0.25, 0.3) is 0 Å². The summed E-state index contributed by atoms with van der Waals surface area (Å²) in [5, 5.41) is 5.67. The number of carbonyl (C=O) groups excluding carboxylic acids is 2. The SMILES string of the molecule is O=C(CCCCc1ccc(Br)cc1)NCCNC(=O)Cc1ccccc1. The van der Waals surface area contributed by atoms with Gasteiger partial charge < -0.3 is 10.6 Å². The molecule has 2 amide bonds. The van der Waals surface area contributed by atoms with Gasteiger partial charge in [0, 0.05) is 24.0 Å². The highest BCUT2D eigenvalue weighted by Gasteiger charge is 2.04. The first kappa shape index (κ1) is 20.2. The number of carbonyl (C=O) groups is 2. The molecule has 0 fully saturated rings. The Labute approximate surface area is 163 Å². The first-order valence-electron chi connectivity index (χ1n) is 8.95. The van der Waals surface area contributed by atoms with E-state index in [4.69, 9.17) is 0 Å². The second-order valence-corrected chi connectivity index (χ2v) is 7.11. The van der Waals surface area contributed by atoms with E-state index in [1.165, 1.54) is 5.56 Å². The molecule has 138 valence electrons. The molecule has 2 aromatic carbocycles. The van der Waals surface area contributed by atoms with E-state index in [-0.39, 0.29) is 11.8 Å². The van der Waals surface area contributed by atoms with Gasteiger partial charge in [0.05, 0.1) is 6.42 Å². The van der Waals surface area contributed by atoms with Crippen LogP contribution in [0.3, 0.4) is 0 Å². The lowest BCUT2D eigenvalue weighted by Crippen LogP contribution is -2.35. The van der Waals surface area contributed by atoms with Crippen LogP contribution in [0.4, 0.5) is 0 Å². The average molecular weight is 417 g/mol. The van der Waals surface area contributed by atoms with Crippen LogP contribution in [0.1, 0.15) is 30.4 Å². The number of benzene rings is 2. The minimum Gasteiger partial charge on any atom is -0.354 e. The van der Waals surface area contributed by atoms with Crippen LogP contribution in [0.15, 0.2) is 59.1 Å². The molecule has 0 aliphatic rings. The molecular formula is C21H25BrN2O2. The molecule has 5 heteroatoms. The van der Waals surface area contributed by atoms with Gasteiger partial charge in [-0.3, -0.25) is 9.59 Å². The molecule has 0 aliphatic heterocycles. The molecule has 0 spiro atoms. The van der Waals surface area contributed by atoms with Gasteiger partial charge in [0.15, 0.2) is 0 Å². The summed E-state index contributed by atoms with van der Waals surface area (Å²) in [6.45, 7) is 0.919. The number of aryl methyl sites for hydroxylation is 1. The Bertz CT molecular complexity index is 687. The Morgan fingerprint density at radius 1 is 0.769 bits per heavy atom. The standard InChI is InChI=1S/C21H25BrN2O2/c22-19-12-10-17(11-13-19)6-4-5-9-20(25)23-14-15-24-21(26)16-18-7-2-1-3-8-18/h1-3,7-8,10-13H,4-6,9,14-16H2,(H,23,25)(H,24,26). The van der Waals surface area contributed by atoms with Crippen molar-refractivity contribution in [3.05, 3.63) is 70.2 Å². The van der Waals surface area contributed by atoms with E-state index in [0.717, 1.165) is 29.3 Å². The molecule has 0 aromatic heterocycles. The molecule has 0 bridgehead atoms. The molecule has 2 N–H and O–H groups in total. The first-order valence-corrected chi connectivity index (χ1v) is 9.74. The van der Waals surface area contributed by atoms with Gasteiger partial charge >= 0.3 is 0 Å². The van der Waals surface area contributed by atoms with Crippen molar-refractivity contribution in [3.63, 3.8) is 0 Å². The summed E-state index contributed by atoms with van der Waals surface area (Å²) in [5.41, 5.74) is 2.27. The van der Waals surface area contributed by atoms with E-state index in [9.17, 15) is 9.59 Å². The van der Waals surface area contributed by atoms with Crippen molar-refractivity contribution in [2.45, 2.75) is 32.1 Å². The highest BCUT2D eigenvalue weighted by atomic mass is 79.9. The number of unbranched alkanes of at least 4 members (excludes halogenated alkanes) is 1. The summed E-state index contributed by atoms with van der Waals surface area (Å²) in [6.07, 6.45) is 3.72. The van der Waals surface area contributed by atoms with E-state index in [2.05, 4.69) is 38.7 Å². The van der Waals surface area contributed by atoms with Gasteiger partial charge in [-0.1, -0.05) is 58.4 Å². The zero-order chi connectivity index (χ0) is 18.6. The smallest absolute Gasteiger partial charge is 0.224 e. The summed E-state index contributed by atoms with van der Waals surface area (Å²) in [6, 6.07) is 17.9. The molecule has 0 saturated heterocycles. The molecule has 0 unspecified atom stereocenters. The first-order chi connectivity index (χ1) is 12.6. The fourth-order valence-electron chi connectivity index (χ4n) is 2.60. The second kappa shape index (κ2) is 11.5. The van der Waals surface area contributed by atoms with Crippen LogP contribution in [-0.2, 0) is 22.4 Å². The molecular weight excluding hydrogens is 392 g/mol. The van der Waals surface area contributed by atoms with Gasteiger partial charge in [-0.15, -0.1) is 0 Å². The number of nitrogens with one attached hydrogen (secondary N) is 2. The predicted octanol–water partition coefficient (Wildman–Crippen LogP) is 3.64. The quantitative estimate of drug-likeness (QED) is 0.580. The van der Waals surface area contributed by atoms with Gasteiger partial charge in [-0.05, 0) is 42.5 Å². The Kier molecular flexibility index (Phi) is 8.90. The van der Waals surface area contributed by atoms with Gasteiger partial charge in [0.1, 0.15) is 0 Å². The number of hydrogen-bond acceptors (Lipinski definition) is 2. The molecule has 4 nitrogen and oxygen atoms in total. The van der Waals surface area contributed by atoms with Gasteiger partial charge in [0.2, 0.25) is 11.8 Å². The molecule has 0 atom stereocenters. The lowest BCUT2D eigenvalue weighted by atomic mass is 10.1. The number of hydrogen-bond donors (Lipinski definition) is 2. The van der Waals surface area contributed by atoms with Crippen molar-refractivity contribution in [1.82, 2.24) is 10.6 Å². The fourth-order valence-corrected chi connectivity index (χ4v) is 2.87. The molecule has 0 radical (unpaired) electrons. The second-order valence-electron chi connectivity index (χ2n) is 6.20. The van der Waals surface area contributed by atoms with Crippen molar-refractivity contribution in [1.29, 1.82) is 0 Å². The average Bonchev–Trinajstić information content (AvgIpc) is 2.65. The Balaban J connectivity index is 1.49. The minimum atomic E-state index is -0.0278. The molecule has 26 heavy (non-hydrogen) atoms. The van der Waals surface area contributed by atoms with Crippen LogP contribution in [0.25, 0.3) is 0 Å². The maximum Gasteiger partial charge on any atom is 0.224 e. The third kappa shape index (κ3) is 8.30. The van der Waals surface area contributed by atoms with Crippen molar-refractivity contribution in [2.75, 3.05) is 13.1 Å². The molecule has 0 aliphatic carbocycles. The zero-order valence-electron chi connectivity index (χ0n) is 14.8. The van der Waals surface area contributed by atoms with Crippen LogP contribution < -0.4 is 10.6 Å². The Morgan fingerprint density at radius 2 is 1.42 bits per heavy atom. The van der Waals surface area contributed by atoms with Crippen LogP contribution in [0.2, 0.25) is 0 Å². The van der Waals surface area contributed by atoms with Crippen LogP contribution in [-0.4, -0.2) is 24.9 Å². The summed E-state index contributed by atoms with van der Waals surface area (Å²) < 4.78 is 1.08. The Morgan fingerprint density at radius 3 is 2.12 bits per heavy atom. The van der Waals surface area contributed by atoms with Crippen LogP contribution in [0, 0.1) is 0 Å².